The first-order valence-electron chi connectivity index (χ1n) is 9.12. The second-order valence-electron chi connectivity index (χ2n) is 7.79. The minimum atomic E-state index is -0.0144. The van der Waals surface area contributed by atoms with Crippen molar-refractivity contribution < 1.29 is 9.59 Å². The van der Waals surface area contributed by atoms with Gasteiger partial charge in [0, 0.05) is 30.5 Å². The first kappa shape index (κ1) is 15.6. The molecule has 4 aliphatic rings. The molecule has 0 bridgehead atoms. The van der Waals surface area contributed by atoms with Crippen molar-refractivity contribution in [1.29, 1.82) is 0 Å². The number of unbranched alkanes of at least 4 members (excludes halogenated alkanes) is 1. The summed E-state index contributed by atoms with van der Waals surface area (Å²) in [5.74, 6) is 1.38. The zero-order chi connectivity index (χ0) is 15.9. The van der Waals surface area contributed by atoms with Crippen LogP contribution in [0.15, 0.2) is 0 Å². The molecule has 3 unspecified atom stereocenters. The smallest absolute Gasteiger partial charge is 0.315 e. The number of nitrogens with zero attached hydrogens (tertiary/aromatic N) is 1. The molecule has 0 aromatic heterocycles. The van der Waals surface area contributed by atoms with Crippen LogP contribution in [0.4, 0.5) is 4.79 Å². The van der Waals surface area contributed by atoms with Gasteiger partial charge >= 0.3 is 6.03 Å². The number of carbonyl (C=O) groups is 2. The molecule has 0 radical (unpaired) electrons. The van der Waals surface area contributed by atoms with Crippen LogP contribution < -0.4 is 10.6 Å². The van der Waals surface area contributed by atoms with Crippen molar-refractivity contribution in [2.75, 3.05) is 18.8 Å². The van der Waals surface area contributed by atoms with E-state index in [9.17, 15) is 9.59 Å². The molecule has 6 heteroatoms. The van der Waals surface area contributed by atoms with E-state index in [1.54, 1.807) is 0 Å². The van der Waals surface area contributed by atoms with Crippen LogP contribution in [0.25, 0.3) is 0 Å². The summed E-state index contributed by atoms with van der Waals surface area (Å²) in [7, 11) is 0. The van der Waals surface area contributed by atoms with Gasteiger partial charge < -0.3 is 15.5 Å². The van der Waals surface area contributed by atoms with Crippen LogP contribution in [0.2, 0.25) is 0 Å². The molecule has 1 saturated carbocycles. The van der Waals surface area contributed by atoms with Gasteiger partial charge in [-0.25, -0.2) is 4.79 Å². The van der Waals surface area contributed by atoms with Gasteiger partial charge in [0.1, 0.15) is 0 Å². The molecular formula is C17H27N3O2S. The predicted molar refractivity (Wildman–Crippen MR) is 91.4 cm³/mol. The third kappa shape index (κ3) is 3.06. The zero-order valence-corrected chi connectivity index (χ0v) is 14.5. The molecule has 4 fully saturated rings. The van der Waals surface area contributed by atoms with Crippen molar-refractivity contribution in [3.05, 3.63) is 0 Å². The number of hydrogen-bond donors (Lipinski definition) is 2. The third-order valence-electron chi connectivity index (χ3n) is 6.27. The maximum absolute atomic E-state index is 12.3. The molecule has 2 N–H and O–H groups in total. The fourth-order valence-corrected chi connectivity index (χ4v) is 6.20. The average Bonchev–Trinajstić information content (AvgIpc) is 3.17. The number of urea groups is 1. The van der Waals surface area contributed by atoms with Gasteiger partial charge in [0.2, 0.25) is 5.91 Å². The molecule has 5 nitrogen and oxygen atoms in total. The Kier molecular flexibility index (Phi) is 4.20. The first-order chi connectivity index (χ1) is 11.2. The number of carbonyl (C=O) groups excluding carboxylic acids is 2. The number of nitrogens with one attached hydrogen (secondary N) is 2. The minimum absolute atomic E-state index is 0.0144. The molecule has 3 amide bonds. The maximum Gasteiger partial charge on any atom is 0.315 e. The van der Waals surface area contributed by atoms with Crippen LogP contribution in [0.1, 0.15) is 51.4 Å². The summed E-state index contributed by atoms with van der Waals surface area (Å²) < 4.78 is 0. The normalized spacial score (nSPS) is 34.2. The van der Waals surface area contributed by atoms with Crippen molar-refractivity contribution in [2.45, 2.75) is 68.7 Å². The van der Waals surface area contributed by atoms with E-state index in [2.05, 4.69) is 15.5 Å². The van der Waals surface area contributed by atoms with E-state index in [0.29, 0.717) is 35.1 Å². The van der Waals surface area contributed by atoms with Crippen LogP contribution >= 0.6 is 11.8 Å². The van der Waals surface area contributed by atoms with Gasteiger partial charge in [-0.15, -0.1) is 0 Å². The Labute approximate surface area is 142 Å². The zero-order valence-electron chi connectivity index (χ0n) is 13.7. The molecule has 1 spiro atoms. The van der Waals surface area contributed by atoms with Crippen molar-refractivity contribution in [3.63, 3.8) is 0 Å². The minimum Gasteiger partial charge on any atom is -0.342 e. The quantitative estimate of drug-likeness (QED) is 0.597. The largest absolute Gasteiger partial charge is 0.342 e. The molecule has 3 heterocycles. The van der Waals surface area contributed by atoms with E-state index < -0.39 is 0 Å². The van der Waals surface area contributed by atoms with E-state index in [4.69, 9.17) is 0 Å². The van der Waals surface area contributed by atoms with Gasteiger partial charge in [0.25, 0.3) is 0 Å². The van der Waals surface area contributed by atoms with Crippen LogP contribution in [0.5, 0.6) is 0 Å². The van der Waals surface area contributed by atoms with E-state index in [0.717, 1.165) is 38.1 Å². The maximum atomic E-state index is 12.3. The summed E-state index contributed by atoms with van der Waals surface area (Å²) in [5.41, 5.74) is 0.513. The monoisotopic (exact) mass is 337 g/mol. The van der Waals surface area contributed by atoms with Crippen molar-refractivity contribution in [2.24, 2.45) is 5.41 Å². The Hall–Kier alpha value is -0.910. The molecule has 3 saturated heterocycles. The SMILES string of the molecule is O=C1NC2CSC(CCCCC(=O)N3CCC4(CCC4)C3)C2N1. The summed E-state index contributed by atoms with van der Waals surface area (Å²) in [6.45, 7) is 2.00. The Morgan fingerprint density at radius 2 is 2.13 bits per heavy atom. The first-order valence-corrected chi connectivity index (χ1v) is 10.2. The average molecular weight is 337 g/mol. The highest BCUT2D eigenvalue weighted by Crippen LogP contribution is 2.48. The highest BCUT2D eigenvalue weighted by molar-refractivity contribution is 8.00. The molecule has 23 heavy (non-hydrogen) atoms. The molecule has 0 aromatic carbocycles. The number of hydrogen-bond acceptors (Lipinski definition) is 3. The molecule has 128 valence electrons. The van der Waals surface area contributed by atoms with Gasteiger partial charge in [-0.1, -0.05) is 12.8 Å². The highest BCUT2D eigenvalue weighted by Gasteiger charge is 2.44. The van der Waals surface area contributed by atoms with Crippen LogP contribution in [-0.4, -0.2) is 53.0 Å². The van der Waals surface area contributed by atoms with E-state index in [1.807, 2.05) is 11.8 Å². The third-order valence-corrected chi connectivity index (χ3v) is 7.78. The topological polar surface area (TPSA) is 61.4 Å². The summed E-state index contributed by atoms with van der Waals surface area (Å²) >= 11 is 1.96. The predicted octanol–water partition coefficient (Wildman–Crippen LogP) is 2.11. The van der Waals surface area contributed by atoms with Crippen LogP contribution in [0, 0.1) is 5.41 Å². The van der Waals surface area contributed by atoms with Gasteiger partial charge in [-0.3, -0.25) is 4.79 Å². The number of amides is 3. The number of likely N-dealkylation sites (tertiary alicyclic amines) is 1. The van der Waals surface area contributed by atoms with Gasteiger partial charge in [0.05, 0.1) is 12.1 Å². The van der Waals surface area contributed by atoms with E-state index in [-0.39, 0.29) is 6.03 Å². The Morgan fingerprint density at radius 1 is 1.26 bits per heavy atom. The summed E-state index contributed by atoms with van der Waals surface area (Å²) in [6, 6.07) is 0.585. The van der Waals surface area contributed by atoms with Gasteiger partial charge in [-0.05, 0) is 37.5 Å². The molecule has 4 rings (SSSR count). The summed E-state index contributed by atoms with van der Waals surface area (Å²) in [5, 5.41) is 6.53. The highest BCUT2D eigenvalue weighted by atomic mass is 32.2. The fraction of sp³-hybridized carbons (Fsp3) is 0.882. The fourth-order valence-electron chi connectivity index (χ4n) is 4.66. The van der Waals surface area contributed by atoms with Crippen molar-refractivity contribution in [1.82, 2.24) is 15.5 Å². The van der Waals surface area contributed by atoms with Gasteiger partial charge in [-0.2, -0.15) is 11.8 Å². The summed E-state index contributed by atoms with van der Waals surface area (Å²) in [4.78, 5) is 25.8. The Balaban J connectivity index is 1.15. The molecule has 0 aromatic rings. The lowest BCUT2D eigenvalue weighted by molar-refractivity contribution is -0.131. The summed E-state index contributed by atoms with van der Waals surface area (Å²) in [6.07, 6.45) is 9.12. The van der Waals surface area contributed by atoms with E-state index >= 15 is 0 Å². The number of rotatable bonds is 5. The Morgan fingerprint density at radius 3 is 2.87 bits per heavy atom. The van der Waals surface area contributed by atoms with Crippen molar-refractivity contribution >= 4 is 23.7 Å². The molecular weight excluding hydrogens is 310 g/mol. The lowest BCUT2D eigenvalue weighted by Crippen LogP contribution is -2.37. The van der Waals surface area contributed by atoms with E-state index in [1.165, 1.54) is 25.7 Å². The van der Waals surface area contributed by atoms with Gasteiger partial charge in [0.15, 0.2) is 0 Å². The second-order valence-corrected chi connectivity index (χ2v) is 9.06. The lowest BCUT2D eigenvalue weighted by Gasteiger charge is -2.38. The Bertz CT molecular complexity index is 494. The lowest BCUT2D eigenvalue weighted by atomic mass is 9.68. The molecule has 3 aliphatic heterocycles. The number of fused-ring (bicyclic) bond motifs is 1. The standard InChI is InChI=1S/C17H27N3O2S/c21-14(20-9-8-17(11-20)6-3-7-17)5-2-1-4-13-15-12(10-23-13)18-16(22)19-15/h12-13,15H,1-11H2,(H2,18,19,22). The van der Waals surface area contributed by atoms with Crippen LogP contribution in [0.3, 0.4) is 0 Å². The van der Waals surface area contributed by atoms with Crippen LogP contribution in [-0.2, 0) is 4.79 Å². The number of thioether (sulfide) groups is 1. The molecule has 3 atom stereocenters. The molecule has 1 aliphatic carbocycles. The second kappa shape index (κ2) is 6.19. The van der Waals surface area contributed by atoms with Crippen molar-refractivity contribution in [3.8, 4) is 0 Å².